The van der Waals surface area contributed by atoms with E-state index in [0.29, 0.717) is 0 Å². The van der Waals surface area contributed by atoms with Gasteiger partial charge < -0.3 is 10.2 Å². The van der Waals surface area contributed by atoms with E-state index in [1.165, 1.54) is 19.3 Å². The molecule has 3 nitrogen and oxygen atoms in total. The van der Waals surface area contributed by atoms with Crippen LogP contribution >= 0.6 is 11.6 Å². The smallest absolute Gasteiger partial charge is 0.147 e. The van der Waals surface area contributed by atoms with Crippen LogP contribution in [0.15, 0.2) is 12.3 Å². The zero-order valence-electron chi connectivity index (χ0n) is 11.5. The molecule has 0 spiro atoms. The predicted octanol–water partition coefficient (Wildman–Crippen LogP) is 3.08. The molecule has 2 unspecified atom stereocenters. The molecule has 2 aliphatic rings. The third kappa shape index (κ3) is 2.72. The van der Waals surface area contributed by atoms with E-state index in [9.17, 15) is 0 Å². The number of pyridine rings is 1. The summed E-state index contributed by atoms with van der Waals surface area (Å²) in [5.41, 5.74) is 1.16. The molecule has 1 N–H and O–H groups in total. The van der Waals surface area contributed by atoms with Crippen molar-refractivity contribution in [3.63, 3.8) is 0 Å². The predicted molar refractivity (Wildman–Crippen MR) is 79.7 cm³/mol. The normalized spacial score (nSPS) is 25.9. The maximum atomic E-state index is 6.41. The minimum absolute atomic E-state index is 0.801. The average Bonchev–Trinajstić information content (AvgIpc) is 2.97. The SMILES string of the molecule is CCNCc1cnc(N2CC3CCCC3C2)c(Cl)c1. The van der Waals surface area contributed by atoms with Crippen LogP contribution in [0.4, 0.5) is 5.82 Å². The van der Waals surface area contributed by atoms with Gasteiger partial charge in [0, 0.05) is 25.8 Å². The summed E-state index contributed by atoms with van der Waals surface area (Å²) in [7, 11) is 0. The Hall–Kier alpha value is -0.800. The Kier molecular flexibility index (Phi) is 3.94. The highest BCUT2D eigenvalue weighted by molar-refractivity contribution is 6.33. The zero-order chi connectivity index (χ0) is 13.2. The van der Waals surface area contributed by atoms with Crippen LogP contribution in [0.5, 0.6) is 0 Å². The average molecular weight is 280 g/mol. The lowest BCUT2D eigenvalue weighted by atomic mass is 10.0. The second-order valence-corrected chi connectivity index (χ2v) is 6.19. The molecule has 19 heavy (non-hydrogen) atoms. The largest absolute Gasteiger partial charge is 0.355 e. The Bertz CT molecular complexity index is 437. The summed E-state index contributed by atoms with van der Waals surface area (Å²) in [6.07, 6.45) is 6.14. The van der Waals surface area contributed by atoms with E-state index in [0.717, 1.165) is 54.4 Å². The number of halogens is 1. The Balaban J connectivity index is 1.71. The Morgan fingerprint density at radius 1 is 1.37 bits per heavy atom. The van der Waals surface area contributed by atoms with Crippen molar-refractivity contribution in [3.05, 3.63) is 22.8 Å². The zero-order valence-corrected chi connectivity index (χ0v) is 12.3. The first-order valence-corrected chi connectivity index (χ1v) is 7.75. The van der Waals surface area contributed by atoms with Crippen LogP contribution in [0.2, 0.25) is 5.02 Å². The molecule has 0 radical (unpaired) electrons. The molecule has 0 bridgehead atoms. The van der Waals surface area contributed by atoms with Gasteiger partial charge in [-0.05, 0) is 42.9 Å². The second kappa shape index (κ2) is 5.68. The maximum absolute atomic E-state index is 6.41. The Labute approximate surface area is 120 Å². The highest BCUT2D eigenvalue weighted by Crippen LogP contribution is 2.40. The first kappa shape index (κ1) is 13.2. The van der Waals surface area contributed by atoms with Gasteiger partial charge in [0.05, 0.1) is 5.02 Å². The van der Waals surface area contributed by atoms with E-state index in [1.807, 2.05) is 6.20 Å². The summed E-state index contributed by atoms with van der Waals surface area (Å²) < 4.78 is 0. The fourth-order valence-corrected chi connectivity index (χ4v) is 3.79. The van der Waals surface area contributed by atoms with E-state index in [1.54, 1.807) is 0 Å². The van der Waals surface area contributed by atoms with Gasteiger partial charge in [0.2, 0.25) is 0 Å². The lowest BCUT2D eigenvalue weighted by Crippen LogP contribution is -2.22. The van der Waals surface area contributed by atoms with E-state index >= 15 is 0 Å². The van der Waals surface area contributed by atoms with Crippen LogP contribution in [0.1, 0.15) is 31.7 Å². The van der Waals surface area contributed by atoms with E-state index in [2.05, 4.69) is 28.2 Å². The van der Waals surface area contributed by atoms with Gasteiger partial charge >= 0.3 is 0 Å². The molecule has 3 rings (SSSR count). The van der Waals surface area contributed by atoms with Crippen LogP contribution in [0.3, 0.4) is 0 Å². The molecule has 1 aromatic rings. The van der Waals surface area contributed by atoms with Gasteiger partial charge in [-0.1, -0.05) is 24.9 Å². The molecule has 0 amide bonds. The van der Waals surface area contributed by atoms with Gasteiger partial charge in [0.15, 0.2) is 0 Å². The first-order chi connectivity index (χ1) is 9.28. The monoisotopic (exact) mass is 279 g/mol. The molecule has 2 atom stereocenters. The number of hydrogen-bond donors (Lipinski definition) is 1. The van der Waals surface area contributed by atoms with Gasteiger partial charge in [-0.15, -0.1) is 0 Å². The number of nitrogens with one attached hydrogen (secondary N) is 1. The minimum atomic E-state index is 0.801. The van der Waals surface area contributed by atoms with Crippen molar-refractivity contribution in [2.24, 2.45) is 11.8 Å². The maximum Gasteiger partial charge on any atom is 0.147 e. The standard InChI is InChI=1S/C15H22ClN3/c1-2-17-7-11-6-14(16)15(18-8-11)19-9-12-4-3-5-13(12)10-19/h6,8,12-13,17H,2-5,7,9-10H2,1H3. The van der Waals surface area contributed by atoms with Gasteiger partial charge in [-0.3, -0.25) is 0 Å². The van der Waals surface area contributed by atoms with Crippen molar-refractivity contribution >= 4 is 17.4 Å². The van der Waals surface area contributed by atoms with Crippen LogP contribution in [-0.4, -0.2) is 24.6 Å². The number of aromatic nitrogens is 1. The summed E-state index contributed by atoms with van der Waals surface area (Å²) in [5, 5.41) is 4.10. The number of hydrogen-bond acceptors (Lipinski definition) is 3. The van der Waals surface area contributed by atoms with Crippen LogP contribution in [0.25, 0.3) is 0 Å². The third-order valence-electron chi connectivity index (χ3n) is 4.48. The molecule has 0 aromatic carbocycles. The summed E-state index contributed by atoms with van der Waals surface area (Å²) >= 11 is 6.41. The van der Waals surface area contributed by atoms with Crippen molar-refractivity contribution in [1.82, 2.24) is 10.3 Å². The van der Waals surface area contributed by atoms with Gasteiger partial charge in [-0.25, -0.2) is 4.98 Å². The van der Waals surface area contributed by atoms with Crippen molar-refractivity contribution in [2.75, 3.05) is 24.5 Å². The summed E-state index contributed by atoms with van der Waals surface area (Å²) in [4.78, 5) is 6.98. The van der Waals surface area contributed by atoms with Crippen molar-refractivity contribution < 1.29 is 0 Å². The van der Waals surface area contributed by atoms with Crippen molar-refractivity contribution in [1.29, 1.82) is 0 Å². The number of fused-ring (bicyclic) bond motifs is 1. The topological polar surface area (TPSA) is 28.2 Å². The minimum Gasteiger partial charge on any atom is -0.355 e. The lowest BCUT2D eigenvalue weighted by molar-refractivity contribution is 0.494. The third-order valence-corrected chi connectivity index (χ3v) is 4.76. The van der Waals surface area contributed by atoms with Gasteiger partial charge in [-0.2, -0.15) is 0 Å². The van der Waals surface area contributed by atoms with Gasteiger partial charge in [0.25, 0.3) is 0 Å². The lowest BCUT2D eigenvalue weighted by Gasteiger charge is -2.20. The van der Waals surface area contributed by atoms with E-state index < -0.39 is 0 Å². The molecule has 2 heterocycles. The molecule has 4 heteroatoms. The first-order valence-electron chi connectivity index (χ1n) is 7.38. The van der Waals surface area contributed by atoms with Crippen molar-refractivity contribution in [3.8, 4) is 0 Å². The molecule has 1 aromatic heterocycles. The quantitative estimate of drug-likeness (QED) is 0.918. The van der Waals surface area contributed by atoms with Crippen molar-refractivity contribution in [2.45, 2.75) is 32.7 Å². The molecule has 2 fully saturated rings. The van der Waals surface area contributed by atoms with Crippen LogP contribution in [0, 0.1) is 11.8 Å². The van der Waals surface area contributed by atoms with Gasteiger partial charge in [0.1, 0.15) is 5.82 Å². The molecular formula is C15H22ClN3. The summed E-state index contributed by atoms with van der Waals surface area (Å²) in [5.74, 6) is 2.73. The number of rotatable bonds is 4. The molecule has 1 saturated heterocycles. The van der Waals surface area contributed by atoms with E-state index in [4.69, 9.17) is 11.6 Å². The molecular weight excluding hydrogens is 258 g/mol. The highest BCUT2D eigenvalue weighted by atomic mass is 35.5. The highest BCUT2D eigenvalue weighted by Gasteiger charge is 2.37. The molecule has 1 aliphatic carbocycles. The molecule has 1 saturated carbocycles. The number of nitrogens with zero attached hydrogens (tertiary/aromatic N) is 2. The fraction of sp³-hybridized carbons (Fsp3) is 0.667. The van der Waals surface area contributed by atoms with Crippen LogP contribution < -0.4 is 10.2 Å². The second-order valence-electron chi connectivity index (χ2n) is 5.79. The fourth-order valence-electron chi connectivity index (χ4n) is 3.48. The van der Waals surface area contributed by atoms with Crippen LogP contribution in [-0.2, 0) is 6.54 Å². The van der Waals surface area contributed by atoms with E-state index in [-0.39, 0.29) is 0 Å². The Morgan fingerprint density at radius 2 is 2.11 bits per heavy atom. The molecule has 1 aliphatic heterocycles. The summed E-state index contributed by atoms with van der Waals surface area (Å²) in [6.45, 7) is 6.20. The number of anilines is 1. The Morgan fingerprint density at radius 3 is 2.74 bits per heavy atom. The molecule has 104 valence electrons. The summed E-state index contributed by atoms with van der Waals surface area (Å²) in [6, 6.07) is 2.06.